The zero-order chi connectivity index (χ0) is 26.0. The van der Waals surface area contributed by atoms with Crippen molar-refractivity contribution in [3.8, 4) is 21.0 Å². The molecule has 1 amide bonds. The van der Waals surface area contributed by atoms with Crippen LogP contribution in [0, 0.1) is 0 Å². The van der Waals surface area contributed by atoms with Crippen LogP contribution < -0.4 is 14.8 Å². The molecule has 3 N–H and O–H groups in total. The van der Waals surface area contributed by atoms with E-state index >= 15 is 0 Å². The molecule has 0 spiro atoms. The van der Waals surface area contributed by atoms with E-state index in [0.29, 0.717) is 26.8 Å². The van der Waals surface area contributed by atoms with Gasteiger partial charge in [-0.1, -0.05) is 6.07 Å². The molecule has 1 heterocycles. The van der Waals surface area contributed by atoms with Crippen LogP contribution in [0.25, 0.3) is 21.0 Å². The molecule has 1 aromatic heterocycles. The fourth-order valence-electron chi connectivity index (χ4n) is 3.15. The molecule has 0 bridgehead atoms. The number of benzene rings is 2. The minimum Gasteiger partial charge on any atom is -0.326 e. The van der Waals surface area contributed by atoms with E-state index in [1.54, 1.807) is 70.3 Å². The van der Waals surface area contributed by atoms with Crippen LogP contribution in [0.4, 0.5) is 11.4 Å². The molecule has 0 fully saturated rings. The summed E-state index contributed by atoms with van der Waals surface area (Å²) in [4.78, 5) is 16.6. The first-order valence-electron chi connectivity index (χ1n) is 10.7. The van der Waals surface area contributed by atoms with Crippen molar-refractivity contribution in [2.45, 2.75) is 45.1 Å². The Bertz CT molecular complexity index is 1440. The highest BCUT2D eigenvalue weighted by Crippen LogP contribution is 2.37. The molecule has 0 aliphatic carbocycles. The van der Waals surface area contributed by atoms with Crippen molar-refractivity contribution in [3.05, 3.63) is 48.7 Å². The van der Waals surface area contributed by atoms with Crippen LogP contribution in [-0.4, -0.2) is 39.0 Å². The van der Waals surface area contributed by atoms with E-state index in [4.69, 9.17) is 0 Å². The van der Waals surface area contributed by atoms with Crippen LogP contribution in [0.15, 0.2) is 53.6 Å². The smallest absolute Gasteiger partial charge is 0.241 e. The largest absolute Gasteiger partial charge is 0.326 e. The van der Waals surface area contributed by atoms with Crippen LogP contribution in [0.3, 0.4) is 0 Å². The minimum absolute atomic E-state index is 0.0261. The number of rotatable bonds is 8. The third kappa shape index (κ3) is 7.10. The van der Waals surface area contributed by atoms with Crippen LogP contribution >= 0.6 is 11.3 Å². The molecule has 0 radical (unpaired) electrons. The summed E-state index contributed by atoms with van der Waals surface area (Å²) in [6, 6.07) is 11.5. The second-order valence-electron chi connectivity index (χ2n) is 8.86. The Morgan fingerprint density at radius 1 is 1.00 bits per heavy atom. The van der Waals surface area contributed by atoms with Crippen molar-refractivity contribution >= 4 is 48.7 Å². The predicted octanol–water partition coefficient (Wildman–Crippen LogP) is 4.27. The number of nitrogens with one attached hydrogen (secondary N) is 3. The maximum Gasteiger partial charge on any atom is 0.241 e. The van der Waals surface area contributed by atoms with Gasteiger partial charge in [-0.15, -0.1) is 11.3 Å². The zero-order valence-corrected chi connectivity index (χ0v) is 22.5. The summed E-state index contributed by atoms with van der Waals surface area (Å²) in [5, 5.41) is 3.26. The summed E-state index contributed by atoms with van der Waals surface area (Å²) in [6.07, 6.45) is 1.59. The number of carbonyl (C=O) groups is 1. The highest BCUT2D eigenvalue weighted by atomic mass is 32.2. The predicted molar refractivity (Wildman–Crippen MR) is 140 cm³/mol. The van der Waals surface area contributed by atoms with Gasteiger partial charge in [-0.25, -0.2) is 26.5 Å². The van der Waals surface area contributed by atoms with E-state index in [2.05, 4.69) is 19.7 Å². The van der Waals surface area contributed by atoms with Crippen molar-refractivity contribution in [1.29, 1.82) is 0 Å². The zero-order valence-electron chi connectivity index (χ0n) is 20.0. The van der Waals surface area contributed by atoms with Crippen molar-refractivity contribution in [2.24, 2.45) is 0 Å². The van der Waals surface area contributed by atoms with Gasteiger partial charge in [0.1, 0.15) is 5.01 Å². The second kappa shape index (κ2) is 10.1. The van der Waals surface area contributed by atoms with E-state index in [1.165, 1.54) is 24.3 Å². The molecule has 0 saturated carbocycles. The molecule has 0 aliphatic heterocycles. The molecular weight excluding hydrogens is 508 g/mol. The van der Waals surface area contributed by atoms with E-state index in [0.717, 1.165) is 5.56 Å². The van der Waals surface area contributed by atoms with E-state index in [9.17, 15) is 21.6 Å². The lowest BCUT2D eigenvalue weighted by molar-refractivity contribution is -0.114. The molecule has 0 atom stereocenters. The first-order valence-corrected chi connectivity index (χ1v) is 14.7. The van der Waals surface area contributed by atoms with Crippen molar-refractivity contribution in [1.82, 2.24) is 9.71 Å². The lowest BCUT2D eigenvalue weighted by Crippen LogP contribution is -2.40. The maximum absolute atomic E-state index is 13.2. The standard InChI is InChI=1S/C23H28N4O5S3/c1-6-34(29,30)26-17-9-7-16(8-10-17)22-24-14-20(33-22)19-12-11-18(25-15(2)28)13-21(19)35(31,32)27-23(3,4)5/h7-14,26-27H,6H2,1-5H3,(H,25,28). The van der Waals surface area contributed by atoms with Crippen molar-refractivity contribution < 1.29 is 21.6 Å². The molecule has 35 heavy (non-hydrogen) atoms. The monoisotopic (exact) mass is 536 g/mol. The molecule has 188 valence electrons. The summed E-state index contributed by atoms with van der Waals surface area (Å²) >= 11 is 1.30. The normalized spacial score (nSPS) is 12.4. The number of aromatic nitrogens is 1. The van der Waals surface area contributed by atoms with Gasteiger partial charge in [-0.05, 0) is 64.1 Å². The topological polar surface area (TPSA) is 134 Å². The number of hydrogen-bond donors (Lipinski definition) is 3. The lowest BCUT2D eigenvalue weighted by atomic mass is 10.1. The van der Waals surface area contributed by atoms with Crippen LogP contribution in [0.2, 0.25) is 0 Å². The van der Waals surface area contributed by atoms with Gasteiger partial charge in [-0.2, -0.15) is 0 Å². The first kappa shape index (κ1) is 26.8. The molecule has 3 rings (SSSR count). The average Bonchev–Trinajstić information content (AvgIpc) is 3.22. The Balaban J connectivity index is 2.00. The van der Waals surface area contributed by atoms with Gasteiger partial charge in [0.15, 0.2) is 0 Å². The number of anilines is 2. The van der Waals surface area contributed by atoms with Gasteiger partial charge in [0.2, 0.25) is 26.0 Å². The summed E-state index contributed by atoms with van der Waals surface area (Å²) in [5.41, 5.74) is 1.31. The second-order valence-corrected chi connectivity index (χ2v) is 13.6. The van der Waals surface area contributed by atoms with Gasteiger partial charge < -0.3 is 5.32 Å². The van der Waals surface area contributed by atoms with Crippen LogP contribution in [0.1, 0.15) is 34.6 Å². The third-order valence-electron chi connectivity index (χ3n) is 4.59. The summed E-state index contributed by atoms with van der Waals surface area (Å²) in [5.74, 6) is -0.338. The third-order valence-corrected chi connectivity index (χ3v) is 8.77. The Morgan fingerprint density at radius 2 is 1.63 bits per heavy atom. The molecule has 0 saturated heterocycles. The summed E-state index contributed by atoms with van der Waals surface area (Å²) < 4.78 is 55.2. The minimum atomic E-state index is -3.92. The molecule has 0 unspecified atom stereocenters. The lowest BCUT2D eigenvalue weighted by Gasteiger charge is -2.22. The average molecular weight is 537 g/mol. The molecule has 9 nitrogen and oxygen atoms in total. The highest BCUT2D eigenvalue weighted by molar-refractivity contribution is 7.92. The fraction of sp³-hybridized carbons (Fsp3) is 0.304. The summed E-state index contributed by atoms with van der Waals surface area (Å²) in [7, 11) is -7.30. The summed E-state index contributed by atoms with van der Waals surface area (Å²) in [6.45, 7) is 8.15. The van der Waals surface area contributed by atoms with Gasteiger partial charge in [-0.3, -0.25) is 9.52 Å². The van der Waals surface area contributed by atoms with Crippen LogP contribution in [0.5, 0.6) is 0 Å². The molecule has 12 heteroatoms. The van der Waals surface area contributed by atoms with Gasteiger partial charge >= 0.3 is 0 Å². The Hall–Kier alpha value is -2.80. The van der Waals surface area contributed by atoms with Crippen LogP contribution in [-0.2, 0) is 24.8 Å². The molecular formula is C23H28N4O5S3. The number of amides is 1. The fourth-order valence-corrected chi connectivity index (χ4v) is 6.48. The maximum atomic E-state index is 13.2. The Kier molecular flexibility index (Phi) is 7.70. The number of hydrogen-bond acceptors (Lipinski definition) is 7. The Labute approximate surface area is 210 Å². The van der Waals surface area contributed by atoms with E-state index in [-0.39, 0.29) is 16.6 Å². The molecule has 3 aromatic rings. The quantitative estimate of drug-likeness (QED) is 0.394. The van der Waals surface area contributed by atoms with Gasteiger partial charge in [0.05, 0.1) is 15.5 Å². The van der Waals surface area contributed by atoms with Crippen molar-refractivity contribution in [3.63, 3.8) is 0 Å². The first-order chi connectivity index (χ1) is 16.2. The van der Waals surface area contributed by atoms with Crippen molar-refractivity contribution in [2.75, 3.05) is 15.8 Å². The number of thiazole rings is 1. The highest BCUT2D eigenvalue weighted by Gasteiger charge is 2.26. The molecule has 0 aliphatic rings. The van der Waals surface area contributed by atoms with E-state index < -0.39 is 25.6 Å². The van der Waals surface area contributed by atoms with Gasteiger partial charge in [0, 0.05) is 41.2 Å². The SMILES string of the molecule is CCS(=O)(=O)Nc1ccc(-c2ncc(-c3ccc(NC(C)=O)cc3S(=O)(=O)NC(C)(C)C)s2)cc1. The van der Waals surface area contributed by atoms with Gasteiger partial charge in [0.25, 0.3) is 0 Å². The van der Waals surface area contributed by atoms with E-state index in [1.807, 2.05) is 0 Å². The Morgan fingerprint density at radius 3 is 2.20 bits per heavy atom. The number of sulfonamides is 2. The number of carbonyl (C=O) groups excluding carboxylic acids is 1. The molecule has 2 aromatic carbocycles. The number of nitrogens with zero attached hydrogens (tertiary/aromatic N) is 1.